The fourth-order valence-electron chi connectivity index (χ4n) is 1.71. The summed E-state index contributed by atoms with van der Waals surface area (Å²) >= 11 is 5.62. The molecule has 0 saturated heterocycles. The van der Waals surface area contributed by atoms with E-state index in [9.17, 15) is 13.2 Å². The third kappa shape index (κ3) is 2.94. The fraction of sp³-hybridized carbons (Fsp3) is 0.333. The maximum Gasteiger partial charge on any atom is 0.418 e. The molecule has 4 nitrogen and oxygen atoms in total. The highest BCUT2D eigenvalue weighted by atomic mass is 35.5. The second-order valence-electron chi connectivity index (χ2n) is 4.26. The van der Waals surface area contributed by atoms with Crippen molar-refractivity contribution in [1.29, 1.82) is 0 Å². The number of benzene rings is 1. The Bertz CT molecular complexity index is 609. The minimum absolute atomic E-state index is 0.00618. The fourth-order valence-corrected chi connectivity index (χ4v) is 1.88. The molecule has 0 fully saturated rings. The smallest absolute Gasteiger partial charge is 0.323 e. The van der Waals surface area contributed by atoms with Crippen LogP contribution in [0.5, 0.6) is 0 Å². The number of nitrogens with zero attached hydrogens (tertiary/aromatic N) is 3. The average molecular weight is 305 g/mol. The normalized spacial score (nSPS) is 13.5. The minimum Gasteiger partial charge on any atom is -0.323 e. The molecule has 1 unspecified atom stereocenters. The van der Waals surface area contributed by atoms with E-state index in [0.717, 1.165) is 10.7 Å². The zero-order chi connectivity index (χ0) is 14.9. The molecule has 8 heteroatoms. The topological polar surface area (TPSA) is 56.7 Å². The number of halogens is 4. The molecular weight excluding hydrogens is 293 g/mol. The maximum atomic E-state index is 13.0. The van der Waals surface area contributed by atoms with E-state index in [1.165, 1.54) is 18.3 Å². The molecule has 0 aliphatic carbocycles. The van der Waals surface area contributed by atoms with Crippen molar-refractivity contribution in [3.05, 3.63) is 40.7 Å². The Morgan fingerprint density at radius 2 is 2.10 bits per heavy atom. The number of rotatable bonds is 3. The van der Waals surface area contributed by atoms with Crippen molar-refractivity contribution < 1.29 is 13.2 Å². The Morgan fingerprint density at radius 1 is 1.40 bits per heavy atom. The van der Waals surface area contributed by atoms with Crippen LogP contribution in [0.15, 0.2) is 24.4 Å². The van der Waals surface area contributed by atoms with Gasteiger partial charge in [0.2, 0.25) is 0 Å². The molecule has 2 N–H and O–H groups in total. The molecule has 108 valence electrons. The summed E-state index contributed by atoms with van der Waals surface area (Å²) in [4.78, 5) is 0. The minimum atomic E-state index is -4.53. The Hall–Kier alpha value is -1.60. The Kier molecular flexibility index (Phi) is 4.01. The molecule has 0 saturated carbocycles. The molecular formula is C12H12ClF3N4. The summed E-state index contributed by atoms with van der Waals surface area (Å²) in [7, 11) is 0. The van der Waals surface area contributed by atoms with Crippen molar-refractivity contribution in [3.8, 4) is 5.69 Å². The number of hydrogen-bond acceptors (Lipinski definition) is 3. The van der Waals surface area contributed by atoms with Crippen molar-refractivity contribution in [3.63, 3.8) is 0 Å². The predicted octanol–water partition coefficient (Wildman–Crippen LogP) is 3.35. The van der Waals surface area contributed by atoms with Gasteiger partial charge >= 0.3 is 6.18 Å². The summed E-state index contributed by atoms with van der Waals surface area (Å²) in [5.74, 6) is 0. The van der Waals surface area contributed by atoms with Crippen LogP contribution in [0.2, 0.25) is 5.02 Å². The second-order valence-corrected chi connectivity index (χ2v) is 4.70. The van der Waals surface area contributed by atoms with Gasteiger partial charge in [0.15, 0.2) is 0 Å². The first-order valence-electron chi connectivity index (χ1n) is 5.88. The highest BCUT2D eigenvalue weighted by Crippen LogP contribution is 2.35. The van der Waals surface area contributed by atoms with Crippen LogP contribution in [0.4, 0.5) is 13.2 Å². The van der Waals surface area contributed by atoms with Crippen LogP contribution < -0.4 is 5.73 Å². The summed E-state index contributed by atoms with van der Waals surface area (Å²) in [6.07, 6.45) is -2.52. The molecule has 20 heavy (non-hydrogen) atoms. The van der Waals surface area contributed by atoms with Crippen LogP contribution in [0.25, 0.3) is 5.69 Å². The lowest BCUT2D eigenvalue weighted by Gasteiger charge is -2.12. The van der Waals surface area contributed by atoms with Crippen LogP contribution >= 0.6 is 11.6 Å². The van der Waals surface area contributed by atoms with Gasteiger partial charge in [0.25, 0.3) is 0 Å². The summed E-state index contributed by atoms with van der Waals surface area (Å²) in [6, 6.07) is 3.12. The number of hydrogen-bond donors (Lipinski definition) is 1. The van der Waals surface area contributed by atoms with Crippen LogP contribution in [-0.4, -0.2) is 15.0 Å². The lowest BCUT2D eigenvalue weighted by Crippen LogP contribution is -2.11. The highest BCUT2D eigenvalue weighted by Gasteiger charge is 2.34. The van der Waals surface area contributed by atoms with Crippen molar-refractivity contribution in [2.45, 2.75) is 25.6 Å². The summed E-state index contributed by atoms with van der Waals surface area (Å²) in [5.41, 5.74) is 5.21. The van der Waals surface area contributed by atoms with Gasteiger partial charge in [0.1, 0.15) is 0 Å². The molecule has 0 amide bonds. The first-order chi connectivity index (χ1) is 9.32. The van der Waals surface area contributed by atoms with E-state index in [2.05, 4.69) is 10.3 Å². The van der Waals surface area contributed by atoms with Gasteiger partial charge in [-0.25, -0.2) is 4.68 Å². The van der Waals surface area contributed by atoms with Gasteiger partial charge in [0.05, 0.1) is 29.2 Å². The Morgan fingerprint density at radius 3 is 2.70 bits per heavy atom. The molecule has 0 bridgehead atoms. The van der Waals surface area contributed by atoms with Crippen LogP contribution in [-0.2, 0) is 6.18 Å². The number of nitrogens with two attached hydrogens (primary N) is 1. The van der Waals surface area contributed by atoms with Crippen LogP contribution in [0.3, 0.4) is 0 Å². The van der Waals surface area contributed by atoms with E-state index in [0.29, 0.717) is 12.1 Å². The monoisotopic (exact) mass is 304 g/mol. The summed E-state index contributed by atoms with van der Waals surface area (Å²) < 4.78 is 40.1. The molecule has 0 spiro atoms. The van der Waals surface area contributed by atoms with Gasteiger partial charge in [-0.2, -0.15) is 13.2 Å². The molecule has 1 heterocycles. The van der Waals surface area contributed by atoms with Crippen molar-refractivity contribution in [2.24, 2.45) is 5.73 Å². The molecule has 1 atom stereocenters. The molecule has 2 aromatic rings. The van der Waals surface area contributed by atoms with Crippen molar-refractivity contribution in [1.82, 2.24) is 15.0 Å². The van der Waals surface area contributed by atoms with Crippen LogP contribution in [0, 0.1) is 0 Å². The molecule has 2 rings (SSSR count). The van der Waals surface area contributed by atoms with Crippen molar-refractivity contribution in [2.75, 3.05) is 0 Å². The molecule has 0 aliphatic rings. The Balaban J connectivity index is 2.50. The number of alkyl halides is 3. The number of aromatic nitrogens is 3. The van der Waals surface area contributed by atoms with E-state index in [1.807, 2.05) is 6.92 Å². The second kappa shape index (κ2) is 5.41. The van der Waals surface area contributed by atoms with Gasteiger partial charge in [-0.05, 0) is 24.6 Å². The van der Waals surface area contributed by atoms with Gasteiger partial charge in [-0.1, -0.05) is 23.7 Å². The van der Waals surface area contributed by atoms with E-state index < -0.39 is 11.7 Å². The van der Waals surface area contributed by atoms with E-state index in [-0.39, 0.29) is 16.8 Å². The predicted molar refractivity (Wildman–Crippen MR) is 68.6 cm³/mol. The van der Waals surface area contributed by atoms with E-state index >= 15 is 0 Å². The third-order valence-electron chi connectivity index (χ3n) is 2.84. The van der Waals surface area contributed by atoms with E-state index in [4.69, 9.17) is 17.3 Å². The first-order valence-corrected chi connectivity index (χ1v) is 6.25. The lowest BCUT2D eigenvalue weighted by molar-refractivity contribution is -0.137. The van der Waals surface area contributed by atoms with E-state index in [1.54, 1.807) is 0 Å². The lowest BCUT2D eigenvalue weighted by atomic mass is 10.1. The molecule has 1 aromatic heterocycles. The first kappa shape index (κ1) is 14.8. The maximum absolute atomic E-state index is 13.0. The average Bonchev–Trinajstić information content (AvgIpc) is 2.86. The zero-order valence-corrected chi connectivity index (χ0v) is 11.3. The largest absolute Gasteiger partial charge is 0.418 e. The third-order valence-corrected chi connectivity index (χ3v) is 3.08. The standard InChI is InChI=1S/C12H12ClF3N4/c1-2-9(17)10-6-20(19-18-10)11-4-3-7(13)5-8(11)12(14,15)16/h3-6,9H,2,17H2,1H3. The SMILES string of the molecule is CCC(N)c1cn(-c2ccc(Cl)cc2C(F)(F)F)nn1. The zero-order valence-electron chi connectivity index (χ0n) is 10.5. The highest BCUT2D eigenvalue weighted by molar-refractivity contribution is 6.30. The van der Waals surface area contributed by atoms with Gasteiger partial charge in [0, 0.05) is 5.02 Å². The molecule has 0 aliphatic heterocycles. The summed E-state index contributed by atoms with van der Waals surface area (Å²) in [5, 5.41) is 7.51. The van der Waals surface area contributed by atoms with Crippen molar-refractivity contribution >= 4 is 11.6 Å². The van der Waals surface area contributed by atoms with Gasteiger partial charge in [-0.15, -0.1) is 5.10 Å². The van der Waals surface area contributed by atoms with Crippen LogP contribution in [0.1, 0.15) is 30.6 Å². The summed E-state index contributed by atoms with van der Waals surface area (Å²) in [6.45, 7) is 1.85. The molecule has 1 aromatic carbocycles. The van der Waals surface area contributed by atoms with Gasteiger partial charge < -0.3 is 5.73 Å². The Labute approximate surface area is 118 Å². The van der Waals surface area contributed by atoms with Gasteiger partial charge in [-0.3, -0.25) is 0 Å². The quantitative estimate of drug-likeness (QED) is 0.946. The molecule has 0 radical (unpaired) electrons.